The SMILES string of the molecule is COCCOC(=O)OCCN(C)C(=O)n1c([S@](=O)CC2=C(C)C(OCC(F)(F)F)=CC=NC2)nc2ccccc21. The average molecular weight is 587 g/mol. The Morgan fingerprint density at radius 3 is 2.60 bits per heavy atom. The molecule has 2 aromatic rings. The van der Waals surface area contributed by atoms with E-state index in [9.17, 15) is 27.0 Å². The number of hydrogen-bond acceptors (Lipinski definition) is 9. The number of carbonyl (C=O) groups excluding carboxylic acids is 2. The van der Waals surface area contributed by atoms with Crippen LogP contribution >= 0.6 is 0 Å². The van der Waals surface area contributed by atoms with Crippen molar-refractivity contribution < 1.29 is 45.9 Å². The highest BCUT2D eigenvalue weighted by Gasteiger charge is 2.30. The van der Waals surface area contributed by atoms with E-state index in [1.165, 1.54) is 35.9 Å². The number of methoxy groups -OCH3 is 1. The van der Waals surface area contributed by atoms with Crippen LogP contribution in [0.1, 0.15) is 6.92 Å². The maximum Gasteiger partial charge on any atom is 0.508 e. The number of likely N-dealkylation sites (N-methyl/N-ethyl adjacent to an activating group) is 1. The fourth-order valence-electron chi connectivity index (χ4n) is 3.52. The molecule has 0 fully saturated rings. The first-order valence-corrected chi connectivity index (χ1v) is 13.3. The van der Waals surface area contributed by atoms with E-state index in [-0.39, 0.29) is 49.6 Å². The number of para-hydroxylation sites is 2. The van der Waals surface area contributed by atoms with Gasteiger partial charge >= 0.3 is 18.4 Å². The van der Waals surface area contributed by atoms with Gasteiger partial charge in [0.25, 0.3) is 0 Å². The van der Waals surface area contributed by atoms with E-state index >= 15 is 0 Å². The van der Waals surface area contributed by atoms with Crippen molar-refractivity contribution >= 4 is 40.2 Å². The van der Waals surface area contributed by atoms with Gasteiger partial charge in [-0.1, -0.05) is 12.1 Å². The molecular weight excluding hydrogens is 557 g/mol. The number of hydrogen-bond donors (Lipinski definition) is 0. The molecule has 15 heteroatoms. The molecule has 1 aliphatic rings. The summed E-state index contributed by atoms with van der Waals surface area (Å²) >= 11 is 0. The summed E-state index contributed by atoms with van der Waals surface area (Å²) in [4.78, 5) is 34.9. The van der Waals surface area contributed by atoms with Gasteiger partial charge in [-0.3, -0.25) is 9.20 Å². The number of rotatable bonds is 11. The molecule has 11 nitrogen and oxygen atoms in total. The maximum absolute atomic E-state index is 13.6. The van der Waals surface area contributed by atoms with Crippen molar-refractivity contribution in [3.05, 3.63) is 47.2 Å². The minimum Gasteiger partial charge on any atom is -0.484 e. The van der Waals surface area contributed by atoms with Crippen molar-refractivity contribution in [2.45, 2.75) is 18.3 Å². The van der Waals surface area contributed by atoms with Crippen LogP contribution in [0.25, 0.3) is 11.0 Å². The van der Waals surface area contributed by atoms with Crippen LogP contribution in [0.3, 0.4) is 0 Å². The van der Waals surface area contributed by atoms with Gasteiger partial charge in [-0.2, -0.15) is 13.2 Å². The Balaban J connectivity index is 1.79. The summed E-state index contributed by atoms with van der Waals surface area (Å²) in [5, 5.41) is -0.0480. The predicted molar refractivity (Wildman–Crippen MR) is 140 cm³/mol. The topological polar surface area (TPSA) is 122 Å². The fourth-order valence-corrected chi connectivity index (χ4v) is 4.85. The molecule has 2 heterocycles. The zero-order chi connectivity index (χ0) is 29.3. The summed E-state index contributed by atoms with van der Waals surface area (Å²) < 4.78 is 72.4. The first-order chi connectivity index (χ1) is 19.0. The van der Waals surface area contributed by atoms with Gasteiger partial charge in [0, 0.05) is 20.4 Å². The van der Waals surface area contributed by atoms with Gasteiger partial charge in [0.2, 0.25) is 5.16 Å². The van der Waals surface area contributed by atoms with Crippen LogP contribution in [0, 0.1) is 0 Å². The second-order valence-electron chi connectivity index (χ2n) is 8.51. The normalized spacial score (nSPS) is 14.5. The molecule has 0 N–H and O–H groups in total. The van der Waals surface area contributed by atoms with E-state index < -0.39 is 35.8 Å². The third-order valence-electron chi connectivity index (χ3n) is 5.62. The van der Waals surface area contributed by atoms with Crippen LogP contribution in [-0.4, -0.2) is 103 Å². The summed E-state index contributed by atoms with van der Waals surface area (Å²) in [7, 11) is 1.04. The number of halogens is 3. The Hall–Kier alpha value is -3.72. The van der Waals surface area contributed by atoms with E-state index in [0.717, 1.165) is 0 Å². The Labute approximate surface area is 230 Å². The molecule has 0 spiro atoms. The van der Waals surface area contributed by atoms with Crippen LogP contribution in [0.15, 0.2) is 57.4 Å². The number of aromatic nitrogens is 2. The molecule has 0 saturated carbocycles. The number of ether oxygens (including phenoxy) is 4. The Morgan fingerprint density at radius 1 is 1.15 bits per heavy atom. The standard InChI is InChI=1S/C25H29F3N4O7S/c1-17-18(14-29-9-8-21(17)39-16-25(26,27)28)15-40(35)22-30-19-6-4-5-7-20(19)32(22)23(33)31(2)10-11-37-24(34)38-13-12-36-3/h4-9H,10-16H2,1-3H3/t40-/m1/s1. The number of aliphatic imine (C=N–C) groups is 1. The number of alkyl halides is 3. The average Bonchev–Trinajstić information content (AvgIpc) is 3.21. The van der Waals surface area contributed by atoms with Crippen molar-refractivity contribution in [1.29, 1.82) is 0 Å². The fraction of sp³-hybridized carbons (Fsp3) is 0.440. The summed E-state index contributed by atoms with van der Waals surface area (Å²) in [6, 6.07) is 6.13. The zero-order valence-corrected chi connectivity index (χ0v) is 22.9. The lowest BCUT2D eigenvalue weighted by Gasteiger charge is -2.19. The lowest BCUT2D eigenvalue weighted by Crippen LogP contribution is -2.35. The molecule has 0 aliphatic carbocycles. The molecular formula is C25H29F3N4O7S. The van der Waals surface area contributed by atoms with Crippen LogP contribution in [0.2, 0.25) is 0 Å². The number of benzene rings is 1. The Morgan fingerprint density at radius 2 is 1.88 bits per heavy atom. The summed E-state index contributed by atoms with van der Waals surface area (Å²) in [6.45, 7) is 0.238. The van der Waals surface area contributed by atoms with E-state index in [0.29, 0.717) is 22.2 Å². The third-order valence-corrected chi connectivity index (χ3v) is 6.91. The smallest absolute Gasteiger partial charge is 0.484 e. The molecule has 1 aromatic heterocycles. The van der Waals surface area contributed by atoms with E-state index in [1.807, 2.05) is 0 Å². The first-order valence-electron chi connectivity index (χ1n) is 12.0. The van der Waals surface area contributed by atoms with Crippen LogP contribution in [0.4, 0.5) is 22.8 Å². The van der Waals surface area contributed by atoms with Gasteiger partial charge in [0.05, 0.1) is 47.3 Å². The number of fused-ring (bicyclic) bond motifs is 1. The highest BCUT2D eigenvalue weighted by Crippen LogP contribution is 2.25. The zero-order valence-electron chi connectivity index (χ0n) is 22.1. The summed E-state index contributed by atoms with van der Waals surface area (Å²) in [6.07, 6.45) is -2.79. The number of carbonyl (C=O) groups is 2. The van der Waals surface area contributed by atoms with E-state index in [2.05, 4.69) is 9.98 Å². The minimum atomic E-state index is -4.53. The molecule has 0 saturated heterocycles. The quantitative estimate of drug-likeness (QED) is 0.289. The van der Waals surface area contributed by atoms with Gasteiger partial charge < -0.3 is 23.8 Å². The van der Waals surface area contributed by atoms with Crippen LogP contribution in [0.5, 0.6) is 0 Å². The van der Waals surface area contributed by atoms with Gasteiger partial charge in [-0.15, -0.1) is 0 Å². The number of amides is 1. The van der Waals surface area contributed by atoms with Gasteiger partial charge in [0.15, 0.2) is 6.61 Å². The van der Waals surface area contributed by atoms with Crippen molar-refractivity contribution in [1.82, 2.24) is 14.5 Å². The number of imidazole rings is 1. The molecule has 218 valence electrons. The van der Waals surface area contributed by atoms with E-state index in [4.69, 9.17) is 18.9 Å². The Bertz CT molecular complexity index is 1340. The highest BCUT2D eigenvalue weighted by molar-refractivity contribution is 7.85. The van der Waals surface area contributed by atoms with Crippen LogP contribution < -0.4 is 0 Å². The molecule has 1 aromatic carbocycles. The summed E-state index contributed by atoms with van der Waals surface area (Å²) in [5.74, 6) is -0.178. The predicted octanol–water partition coefficient (Wildman–Crippen LogP) is 3.71. The van der Waals surface area contributed by atoms with E-state index in [1.54, 1.807) is 31.2 Å². The second-order valence-corrected chi connectivity index (χ2v) is 9.85. The van der Waals surface area contributed by atoms with Crippen molar-refractivity contribution in [2.24, 2.45) is 4.99 Å². The van der Waals surface area contributed by atoms with Crippen molar-refractivity contribution in [2.75, 3.05) is 59.4 Å². The van der Waals surface area contributed by atoms with Gasteiger partial charge in [-0.05, 0) is 36.3 Å². The third kappa shape index (κ3) is 8.39. The maximum atomic E-state index is 13.6. The molecule has 0 radical (unpaired) electrons. The largest absolute Gasteiger partial charge is 0.508 e. The highest BCUT2D eigenvalue weighted by atomic mass is 32.2. The minimum absolute atomic E-state index is 0.000464. The summed E-state index contributed by atoms with van der Waals surface area (Å²) in [5.41, 5.74) is 1.67. The van der Waals surface area contributed by atoms with Gasteiger partial charge in [0.1, 0.15) is 19.0 Å². The first kappa shape index (κ1) is 30.8. The van der Waals surface area contributed by atoms with Crippen molar-refractivity contribution in [3.8, 4) is 0 Å². The van der Waals surface area contributed by atoms with Gasteiger partial charge in [-0.25, -0.2) is 19.1 Å². The molecule has 1 aliphatic heterocycles. The number of nitrogens with zero attached hydrogens (tertiary/aromatic N) is 4. The Kier molecular flexibility index (Phi) is 10.8. The monoisotopic (exact) mass is 586 g/mol. The van der Waals surface area contributed by atoms with Crippen molar-refractivity contribution in [3.63, 3.8) is 0 Å². The lowest BCUT2D eigenvalue weighted by molar-refractivity contribution is -0.164. The molecule has 0 unspecified atom stereocenters. The molecule has 3 rings (SSSR count). The van der Waals surface area contributed by atoms with Crippen LogP contribution in [-0.2, 0) is 29.7 Å². The number of allylic oxidation sites excluding steroid dienone is 2. The lowest BCUT2D eigenvalue weighted by atomic mass is 10.1. The molecule has 0 bridgehead atoms. The molecule has 40 heavy (non-hydrogen) atoms. The second kappa shape index (κ2) is 14.1. The molecule has 1 amide bonds. The molecule has 1 atom stereocenters.